The van der Waals surface area contributed by atoms with Crippen LogP contribution in [0.2, 0.25) is 5.28 Å². The van der Waals surface area contributed by atoms with Crippen LogP contribution in [-0.2, 0) is 0 Å². The number of rotatable bonds is 2. The third-order valence-corrected chi connectivity index (χ3v) is 4.02. The fraction of sp³-hybridized carbons (Fsp3) is 0.600. The topological polar surface area (TPSA) is 37.8 Å². The van der Waals surface area contributed by atoms with Crippen LogP contribution >= 0.6 is 23.4 Å². The van der Waals surface area contributed by atoms with Crippen molar-refractivity contribution in [2.75, 3.05) is 11.1 Å². The van der Waals surface area contributed by atoms with Crippen LogP contribution in [0.5, 0.6) is 0 Å². The fourth-order valence-electron chi connectivity index (χ4n) is 1.68. The van der Waals surface area contributed by atoms with E-state index < -0.39 is 0 Å². The third-order valence-electron chi connectivity index (χ3n) is 2.48. The molecule has 1 N–H and O–H groups in total. The van der Waals surface area contributed by atoms with Crippen molar-refractivity contribution in [3.05, 3.63) is 17.0 Å². The van der Waals surface area contributed by atoms with Crippen molar-refractivity contribution in [1.82, 2.24) is 9.97 Å². The van der Waals surface area contributed by atoms with Crippen molar-refractivity contribution in [3.63, 3.8) is 0 Å². The molecule has 1 saturated heterocycles. The summed E-state index contributed by atoms with van der Waals surface area (Å²) >= 11 is 7.76. The Hall–Kier alpha value is -0.480. The van der Waals surface area contributed by atoms with E-state index in [1.54, 1.807) is 6.20 Å². The van der Waals surface area contributed by atoms with Crippen LogP contribution < -0.4 is 5.32 Å². The van der Waals surface area contributed by atoms with E-state index in [0.29, 0.717) is 11.3 Å². The van der Waals surface area contributed by atoms with E-state index in [1.165, 1.54) is 6.42 Å². The summed E-state index contributed by atoms with van der Waals surface area (Å²) in [5, 5.41) is 4.47. The standard InChI is InChI=1S/C10H14ClN3S/c1-6-4-12-10(11)14-9(6)13-8-3-7(2)15-5-8/h4,7-8H,3,5H2,1-2H3,(H,12,13,14). The van der Waals surface area contributed by atoms with Crippen LogP contribution in [-0.4, -0.2) is 27.0 Å². The van der Waals surface area contributed by atoms with Crippen molar-refractivity contribution in [2.24, 2.45) is 0 Å². The lowest BCUT2D eigenvalue weighted by atomic mass is 10.2. The summed E-state index contributed by atoms with van der Waals surface area (Å²) in [7, 11) is 0. The van der Waals surface area contributed by atoms with E-state index in [2.05, 4.69) is 22.2 Å². The van der Waals surface area contributed by atoms with Gasteiger partial charge >= 0.3 is 0 Å². The first-order valence-corrected chi connectivity index (χ1v) is 6.45. The minimum absolute atomic E-state index is 0.307. The number of halogens is 1. The molecular formula is C10H14ClN3S. The maximum absolute atomic E-state index is 5.76. The molecule has 2 unspecified atom stereocenters. The average Bonchev–Trinajstić information content (AvgIpc) is 2.58. The number of thioether (sulfide) groups is 1. The molecule has 0 saturated carbocycles. The summed E-state index contributed by atoms with van der Waals surface area (Å²) in [4.78, 5) is 8.13. The average molecular weight is 244 g/mol. The number of anilines is 1. The molecule has 0 spiro atoms. The predicted octanol–water partition coefficient (Wildman–Crippen LogP) is 2.74. The number of aromatic nitrogens is 2. The molecule has 0 aromatic carbocycles. The maximum Gasteiger partial charge on any atom is 0.224 e. The molecule has 1 aliphatic heterocycles. The fourth-order valence-corrected chi connectivity index (χ4v) is 2.96. The Labute approximate surface area is 99.0 Å². The Kier molecular flexibility index (Phi) is 3.36. The Morgan fingerprint density at radius 2 is 2.40 bits per heavy atom. The highest BCUT2D eigenvalue weighted by molar-refractivity contribution is 8.00. The van der Waals surface area contributed by atoms with Gasteiger partial charge in [0.15, 0.2) is 0 Å². The molecule has 82 valence electrons. The van der Waals surface area contributed by atoms with E-state index in [-0.39, 0.29) is 0 Å². The molecule has 2 heterocycles. The number of nitrogens with zero attached hydrogens (tertiary/aromatic N) is 2. The quantitative estimate of drug-likeness (QED) is 0.811. The van der Waals surface area contributed by atoms with E-state index >= 15 is 0 Å². The van der Waals surface area contributed by atoms with Crippen molar-refractivity contribution < 1.29 is 0 Å². The first-order valence-electron chi connectivity index (χ1n) is 5.02. The van der Waals surface area contributed by atoms with E-state index in [4.69, 9.17) is 11.6 Å². The molecule has 1 fully saturated rings. The predicted molar refractivity (Wildman–Crippen MR) is 65.7 cm³/mol. The molecule has 2 atom stereocenters. The molecule has 5 heteroatoms. The lowest BCUT2D eigenvalue weighted by Gasteiger charge is -2.13. The van der Waals surface area contributed by atoms with E-state index in [1.807, 2.05) is 18.7 Å². The highest BCUT2D eigenvalue weighted by Crippen LogP contribution is 2.28. The Bertz CT molecular complexity index is 359. The first kappa shape index (κ1) is 11.0. The van der Waals surface area contributed by atoms with Gasteiger partial charge in [-0.3, -0.25) is 0 Å². The number of hydrogen-bond acceptors (Lipinski definition) is 4. The van der Waals surface area contributed by atoms with Crippen LogP contribution in [0.4, 0.5) is 5.82 Å². The molecule has 1 aromatic heterocycles. The SMILES string of the molecule is Cc1cnc(Cl)nc1NC1CSC(C)C1. The van der Waals surface area contributed by atoms with Crippen molar-refractivity contribution in [1.29, 1.82) is 0 Å². The number of hydrogen-bond donors (Lipinski definition) is 1. The van der Waals surface area contributed by atoms with E-state index in [0.717, 1.165) is 22.4 Å². The molecule has 1 aliphatic rings. The summed E-state index contributed by atoms with van der Waals surface area (Å²) in [5.41, 5.74) is 1.05. The molecular weight excluding hydrogens is 230 g/mol. The molecule has 0 radical (unpaired) electrons. The summed E-state index contributed by atoms with van der Waals surface area (Å²) < 4.78 is 0. The second kappa shape index (κ2) is 4.58. The summed E-state index contributed by atoms with van der Waals surface area (Å²) in [6, 6.07) is 0.509. The van der Waals surface area contributed by atoms with Crippen molar-refractivity contribution in [2.45, 2.75) is 31.6 Å². The molecule has 2 rings (SSSR count). The highest BCUT2D eigenvalue weighted by atomic mass is 35.5. The van der Waals surface area contributed by atoms with Gasteiger partial charge in [-0.1, -0.05) is 6.92 Å². The lowest BCUT2D eigenvalue weighted by molar-refractivity contribution is 0.741. The van der Waals surface area contributed by atoms with Crippen LogP contribution in [0.1, 0.15) is 18.9 Å². The second-order valence-corrected chi connectivity index (χ2v) is 5.70. The molecule has 1 aromatic rings. The second-order valence-electron chi connectivity index (χ2n) is 3.89. The number of nitrogens with one attached hydrogen (secondary N) is 1. The van der Waals surface area contributed by atoms with Gasteiger partial charge in [-0.25, -0.2) is 9.97 Å². The van der Waals surface area contributed by atoms with Crippen LogP contribution in [0.3, 0.4) is 0 Å². The molecule has 15 heavy (non-hydrogen) atoms. The zero-order valence-corrected chi connectivity index (χ0v) is 10.4. The van der Waals surface area contributed by atoms with Crippen LogP contribution in [0, 0.1) is 6.92 Å². The van der Waals surface area contributed by atoms with Gasteiger partial charge in [0.25, 0.3) is 0 Å². The monoisotopic (exact) mass is 243 g/mol. The zero-order valence-electron chi connectivity index (χ0n) is 8.83. The highest BCUT2D eigenvalue weighted by Gasteiger charge is 2.22. The molecule has 0 aliphatic carbocycles. The van der Waals surface area contributed by atoms with E-state index in [9.17, 15) is 0 Å². The van der Waals surface area contributed by atoms with Gasteiger partial charge in [0, 0.05) is 28.8 Å². The first-order chi connectivity index (χ1) is 7.15. The van der Waals surface area contributed by atoms with Gasteiger partial charge in [-0.05, 0) is 24.9 Å². The van der Waals surface area contributed by atoms with Gasteiger partial charge in [0.1, 0.15) is 5.82 Å². The minimum Gasteiger partial charge on any atom is -0.366 e. The van der Waals surface area contributed by atoms with Crippen molar-refractivity contribution >= 4 is 29.2 Å². The largest absolute Gasteiger partial charge is 0.366 e. The summed E-state index contributed by atoms with van der Waals surface area (Å²) in [6.45, 7) is 4.25. The zero-order chi connectivity index (χ0) is 10.8. The third kappa shape index (κ3) is 2.75. The van der Waals surface area contributed by atoms with Gasteiger partial charge in [0.05, 0.1) is 0 Å². The Morgan fingerprint density at radius 1 is 1.60 bits per heavy atom. The maximum atomic E-state index is 5.76. The van der Waals surface area contributed by atoms with Gasteiger partial charge in [-0.2, -0.15) is 11.8 Å². The Morgan fingerprint density at radius 3 is 3.07 bits per heavy atom. The lowest BCUT2D eigenvalue weighted by Crippen LogP contribution is -2.20. The molecule has 0 bridgehead atoms. The van der Waals surface area contributed by atoms with Crippen molar-refractivity contribution in [3.8, 4) is 0 Å². The van der Waals surface area contributed by atoms with Gasteiger partial charge in [0.2, 0.25) is 5.28 Å². The van der Waals surface area contributed by atoms with Crippen LogP contribution in [0.15, 0.2) is 6.20 Å². The van der Waals surface area contributed by atoms with Crippen LogP contribution in [0.25, 0.3) is 0 Å². The number of aryl methyl sites for hydroxylation is 1. The summed E-state index contributed by atoms with van der Waals surface area (Å²) in [5.74, 6) is 2.01. The smallest absolute Gasteiger partial charge is 0.224 e. The summed E-state index contributed by atoms with van der Waals surface area (Å²) in [6.07, 6.45) is 2.94. The molecule has 3 nitrogen and oxygen atoms in total. The minimum atomic E-state index is 0.307. The normalized spacial score (nSPS) is 25.5. The van der Waals surface area contributed by atoms with Gasteiger partial charge in [-0.15, -0.1) is 0 Å². The Balaban J connectivity index is 2.07. The van der Waals surface area contributed by atoms with Gasteiger partial charge < -0.3 is 5.32 Å². The molecule has 0 amide bonds.